The van der Waals surface area contributed by atoms with Gasteiger partial charge in [-0.3, -0.25) is 19.3 Å². The number of benzene rings is 2. The molecule has 190 valence electrons. The van der Waals surface area contributed by atoms with Gasteiger partial charge in [0, 0.05) is 12.5 Å². The molecule has 2 atom stereocenters. The van der Waals surface area contributed by atoms with E-state index in [4.69, 9.17) is 5.10 Å². The Balaban J connectivity index is 1.47. The molecular weight excluding hydrogens is 468 g/mol. The molecule has 2 fully saturated rings. The number of fused-ring (bicyclic) bond motifs is 1. The second-order valence-electron chi connectivity index (χ2n) is 10.1. The first-order chi connectivity index (χ1) is 17.8. The maximum Gasteiger partial charge on any atom is 0.334 e. The van der Waals surface area contributed by atoms with Crippen LogP contribution in [0.5, 0.6) is 0 Å². The first-order valence-corrected chi connectivity index (χ1v) is 12.7. The Kier molecular flexibility index (Phi) is 6.74. The van der Waals surface area contributed by atoms with Crippen LogP contribution in [0.3, 0.4) is 0 Å². The van der Waals surface area contributed by atoms with Crippen molar-refractivity contribution in [3.63, 3.8) is 0 Å². The molecular formula is C29H30N4O4. The van der Waals surface area contributed by atoms with Crippen LogP contribution >= 0.6 is 0 Å². The predicted molar refractivity (Wildman–Crippen MR) is 139 cm³/mol. The van der Waals surface area contributed by atoms with Gasteiger partial charge in [-0.05, 0) is 48.0 Å². The van der Waals surface area contributed by atoms with Crippen LogP contribution in [-0.2, 0) is 14.4 Å². The summed E-state index contributed by atoms with van der Waals surface area (Å²) < 4.78 is 0. The Morgan fingerprint density at radius 2 is 1.62 bits per heavy atom. The van der Waals surface area contributed by atoms with Crippen LogP contribution in [0.25, 0.3) is 6.08 Å². The fraction of sp³-hybridized carbons (Fsp3) is 0.345. The molecule has 2 aliphatic heterocycles. The van der Waals surface area contributed by atoms with E-state index in [1.807, 2.05) is 74.5 Å². The minimum atomic E-state index is -0.968. The summed E-state index contributed by atoms with van der Waals surface area (Å²) in [5.41, 5.74) is 3.97. The maximum absolute atomic E-state index is 13.6. The number of urea groups is 1. The summed E-state index contributed by atoms with van der Waals surface area (Å²) in [6.45, 7) is 3.31. The van der Waals surface area contributed by atoms with Gasteiger partial charge in [0.2, 0.25) is 0 Å². The molecule has 2 aromatic rings. The third kappa shape index (κ3) is 4.71. The normalized spacial score (nSPS) is 22.8. The quantitative estimate of drug-likeness (QED) is 0.440. The molecule has 2 heterocycles. The lowest BCUT2D eigenvalue weighted by molar-refractivity contribution is -0.145. The molecule has 37 heavy (non-hydrogen) atoms. The Morgan fingerprint density at radius 1 is 0.973 bits per heavy atom. The van der Waals surface area contributed by atoms with Gasteiger partial charge in [-0.2, -0.15) is 5.10 Å². The van der Waals surface area contributed by atoms with Crippen molar-refractivity contribution in [1.29, 1.82) is 0 Å². The van der Waals surface area contributed by atoms with E-state index in [9.17, 15) is 19.2 Å². The average molecular weight is 499 g/mol. The monoisotopic (exact) mass is 498 g/mol. The molecule has 0 aromatic heterocycles. The number of amides is 5. The Hall–Kier alpha value is -4.07. The Morgan fingerprint density at radius 3 is 2.30 bits per heavy atom. The van der Waals surface area contributed by atoms with Gasteiger partial charge >= 0.3 is 17.8 Å². The number of allylic oxidation sites excluding steroid dienone is 1. The third-order valence-corrected chi connectivity index (χ3v) is 7.01. The molecule has 8 heteroatoms. The SMILES string of the molecule is CC(C)CN1C(=O)C(=O)N(CC(=O)N2N=C3/C(=C\c4ccccc4)CCCC3C2c2ccccc2)C1=O. The number of imide groups is 2. The second kappa shape index (κ2) is 10.1. The summed E-state index contributed by atoms with van der Waals surface area (Å²) >= 11 is 0. The molecule has 0 spiro atoms. The molecule has 2 aromatic carbocycles. The van der Waals surface area contributed by atoms with Gasteiger partial charge < -0.3 is 0 Å². The summed E-state index contributed by atoms with van der Waals surface area (Å²) in [5.74, 6) is -2.35. The minimum Gasteiger partial charge on any atom is -0.271 e. The average Bonchev–Trinajstić information content (AvgIpc) is 3.38. The number of rotatable bonds is 6. The van der Waals surface area contributed by atoms with Crippen LogP contribution in [0, 0.1) is 11.8 Å². The van der Waals surface area contributed by atoms with Crippen molar-refractivity contribution in [2.24, 2.45) is 16.9 Å². The van der Waals surface area contributed by atoms with Gasteiger partial charge in [-0.25, -0.2) is 14.7 Å². The number of hydrogen-bond acceptors (Lipinski definition) is 5. The smallest absolute Gasteiger partial charge is 0.271 e. The van der Waals surface area contributed by atoms with Crippen LogP contribution in [0.4, 0.5) is 4.79 Å². The van der Waals surface area contributed by atoms with Crippen LogP contribution in [-0.4, -0.2) is 57.4 Å². The highest BCUT2D eigenvalue weighted by atomic mass is 16.2. The molecule has 8 nitrogen and oxygen atoms in total. The number of carbonyl (C=O) groups excluding carboxylic acids is 4. The van der Waals surface area contributed by atoms with Crippen LogP contribution in [0.2, 0.25) is 0 Å². The predicted octanol–water partition coefficient (Wildman–Crippen LogP) is 4.26. The molecule has 5 rings (SSSR count). The van der Waals surface area contributed by atoms with E-state index in [1.165, 1.54) is 5.01 Å². The zero-order chi connectivity index (χ0) is 26.1. The largest absolute Gasteiger partial charge is 0.334 e. The van der Waals surface area contributed by atoms with E-state index in [1.54, 1.807) is 0 Å². The van der Waals surface area contributed by atoms with Gasteiger partial charge in [0.1, 0.15) is 6.54 Å². The number of carbonyl (C=O) groups is 4. The highest BCUT2D eigenvalue weighted by molar-refractivity contribution is 6.45. The summed E-state index contributed by atoms with van der Waals surface area (Å²) in [4.78, 5) is 53.2. The van der Waals surface area contributed by atoms with Crippen LogP contribution < -0.4 is 0 Å². The van der Waals surface area contributed by atoms with Crippen molar-refractivity contribution in [3.8, 4) is 0 Å². The van der Waals surface area contributed by atoms with Crippen molar-refractivity contribution in [2.45, 2.75) is 39.2 Å². The van der Waals surface area contributed by atoms with Gasteiger partial charge in [0.15, 0.2) is 0 Å². The van der Waals surface area contributed by atoms with E-state index in [0.29, 0.717) is 0 Å². The molecule has 1 saturated heterocycles. The fourth-order valence-corrected chi connectivity index (χ4v) is 5.36. The topological polar surface area (TPSA) is 90.4 Å². The van der Waals surface area contributed by atoms with E-state index in [0.717, 1.165) is 51.5 Å². The molecule has 0 N–H and O–H groups in total. The van der Waals surface area contributed by atoms with Crippen molar-refractivity contribution in [2.75, 3.05) is 13.1 Å². The number of hydrazone groups is 1. The van der Waals surface area contributed by atoms with Gasteiger partial charge in [-0.15, -0.1) is 0 Å². The van der Waals surface area contributed by atoms with Crippen molar-refractivity contribution >= 4 is 35.5 Å². The summed E-state index contributed by atoms with van der Waals surface area (Å²) in [7, 11) is 0. The highest BCUT2D eigenvalue weighted by Gasteiger charge is 2.48. The molecule has 5 amide bonds. The highest BCUT2D eigenvalue weighted by Crippen LogP contribution is 2.44. The first-order valence-electron chi connectivity index (χ1n) is 12.7. The molecule has 0 radical (unpaired) electrons. The molecule has 3 aliphatic rings. The Labute approximate surface area is 216 Å². The minimum absolute atomic E-state index is 0.000820. The van der Waals surface area contributed by atoms with E-state index in [-0.39, 0.29) is 24.4 Å². The van der Waals surface area contributed by atoms with Gasteiger partial charge in [0.05, 0.1) is 11.8 Å². The van der Waals surface area contributed by atoms with Crippen LogP contribution in [0.1, 0.15) is 50.3 Å². The van der Waals surface area contributed by atoms with Crippen molar-refractivity contribution in [1.82, 2.24) is 14.8 Å². The van der Waals surface area contributed by atoms with Crippen molar-refractivity contribution < 1.29 is 19.2 Å². The Bertz CT molecular complexity index is 1290. The zero-order valence-electron chi connectivity index (χ0n) is 21.0. The van der Waals surface area contributed by atoms with Crippen LogP contribution in [0.15, 0.2) is 71.3 Å². The van der Waals surface area contributed by atoms with E-state index < -0.39 is 30.3 Å². The van der Waals surface area contributed by atoms with E-state index >= 15 is 0 Å². The summed E-state index contributed by atoms with van der Waals surface area (Å²) in [6, 6.07) is 18.6. The summed E-state index contributed by atoms with van der Waals surface area (Å²) in [5, 5.41) is 6.23. The fourth-order valence-electron chi connectivity index (χ4n) is 5.36. The molecule has 1 aliphatic carbocycles. The number of hydrogen-bond donors (Lipinski definition) is 0. The lowest BCUT2D eigenvalue weighted by Crippen LogP contribution is -2.43. The summed E-state index contributed by atoms with van der Waals surface area (Å²) in [6.07, 6.45) is 4.82. The second-order valence-corrected chi connectivity index (χ2v) is 10.1. The van der Waals surface area contributed by atoms with Gasteiger partial charge in [0.25, 0.3) is 5.91 Å². The third-order valence-electron chi connectivity index (χ3n) is 7.01. The van der Waals surface area contributed by atoms with Gasteiger partial charge in [-0.1, -0.05) is 74.5 Å². The zero-order valence-corrected chi connectivity index (χ0v) is 21.0. The maximum atomic E-state index is 13.6. The number of nitrogens with zero attached hydrogens (tertiary/aromatic N) is 4. The molecule has 1 saturated carbocycles. The van der Waals surface area contributed by atoms with Crippen molar-refractivity contribution in [3.05, 3.63) is 77.4 Å². The lowest BCUT2D eigenvalue weighted by atomic mass is 9.77. The molecule has 2 unspecified atom stereocenters. The van der Waals surface area contributed by atoms with E-state index in [2.05, 4.69) is 6.08 Å². The molecule has 0 bridgehead atoms. The first kappa shape index (κ1) is 24.6. The lowest BCUT2D eigenvalue weighted by Gasteiger charge is -2.30. The standard InChI is InChI=1S/C29H30N4O4/c1-19(2)17-31-27(35)28(36)32(29(31)37)18-24(34)33-26(21-12-7-4-8-13-21)23-15-9-14-22(25(23)30-33)16-20-10-5-3-6-11-20/h3-8,10-13,16,19,23,26H,9,14-15,17-18H2,1-2H3/b22-16-.